The Labute approximate surface area is 187 Å². The second-order valence-electron chi connectivity index (χ2n) is 8.11. The van der Waals surface area contributed by atoms with Gasteiger partial charge in [0, 0.05) is 69.7 Å². The molecule has 9 heteroatoms. The molecule has 4 heterocycles. The SMILES string of the molecule is CS(=O)(=O)c1ccc(N2CCN(c3ccc4scc(N5CCNCC5)c4n3)CC2)cc1. The van der Waals surface area contributed by atoms with Gasteiger partial charge in [0.05, 0.1) is 15.3 Å². The Kier molecular flexibility index (Phi) is 5.49. The van der Waals surface area contributed by atoms with Gasteiger partial charge in [0.15, 0.2) is 9.84 Å². The number of anilines is 3. The minimum atomic E-state index is -3.16. The molecule has 0 amide bonds. The molecular weight excluding hydrogens is 430 g/mol. The van der Waals surface area contributed by atoms with E-state index in [4.69, 9.17) is 4.98 Å². The van der Waals surface area contributed by atoms with Crippen LogP contribution in [0.5, 0.6) is 0 Å². The molecule has 2 aliphatic rings. The Morgan fingerprint density at radius 3 is 2.23 bits per heavy atom. The van der Waals surface area contributed by atoms with Gasteiger partial charge in [-0.2, -0.15) is 0 Å². The van der Waals surface area contributed by atoms with Gasteiger partial charge in [-0.25, -0.2) is 13.4 Å². The van der Waals surface area contributed by atoms with Crippen LogP contribution in [-0.4, -0.2) is 72.0 Å². The van der Waals surface area contributed by atoms with Crippen molar-refractivity contribution in [2.45, 2.75) is 4.90 Å². The molecule has 164 valence electrons. The van der Waals surface area contributed by atoms with Gasteiger partial charge in [0.25, 0.3) is 0 Å². The maximum absolute atomic E-state index is 11.7. The second-order valence-corrected chi connectivity index (χ2v) is 11.0. The van der Waals surface area contributed by atoms with E-state index in [0.29, 0.717) is 4.90 Å². The van der Waals surface area contributed by atoms with Crippen molar-refractivity contribution in [3.05, 3.63) is 41.8 Å². The predicted octanol–water partition coefficient (Wildman–Crippen LogP) is 2.44. The largest absolute Gasteiger partial charge is 0.368 e. The fourth-order valence-electron chi connectivity index (χ4n) is 4.29. The average molecular weight is 458 g/mol. The minimum Gasteiger partial charge on any atom is -0.368 e. The summed E-state index contributed by atoms with van der Waals surface area (Å²) in [4.78, 5) is 12.5. The summed E-state index contributed by atoms with van der Waals surface area (Å²) in [6, 6.07) is 11.5. The van der Waals surface area contributed by atoms with Gasteiger partial charge >= 0.3 is 0 Å². The molecule has 2 fully saturated rings. The van der Waals surface area contributed by atoms with Crippen molar-refractivity contribution in [1.29, 1.82) is 0 Å². The van der Waals surface area contributed by atoms with Crippen molar-refractivity contribution < 1.29 is 8.42 Å². The number of piperazine rings is 2. The summed E-state index contributed by atoms with van der Waals surface area (Å²) in [7, 11) is -3.16. The molecule has 0 spiro atoms. The number of fused-ring (bicyclic) bond motifs is 1. The number of nitrogens with zero attached hydrogens (tertiary/aromatic N) is 4. The first-order valence-electron chi connectivity index (χ1n) is 10.6. The van der Waals surface area contributed by atoms with Crippen LogP contribution in [0.4, 0.5) is 17.2 Å². The van der Waals surface area contributed by atoms with E-state index in [0.717, 1.165) is 69.4 Å². The predicted molar refractivity (Wildman–Crippen MR) is 129 cm³/mol. The molecule has 0 bridgehead atoms. The monoisotopic (exact) mass is 457 g/mol. The molecule has 2 aromatic heterocycles. The van der Waals surface area contributed by atoms with Crippen molar-refractivity contribution in [3.63, 3.8) is 0 Å². The molecule has 31 heavy (non-hydrogen) atoms. The highest BCUT2D eigenvalue weighted by atomic mass is 32.2. The lowest BCUT2D eigenvalue weighted by molar-refractivity contribution is 0.590. The third kappa shape index (κ3) is 4.22. The zero-order valence-corrected chi connectivity index (χ0v) is 19.3. The fourth-order valence-corrected chi connectivity index (χ4v) is 5.83. The van der Waals surface area contributed by atoms with Crippen molar-refractivity contribution >= 4 is 48.6 Å². The second kappa shape index (κ2) is 8.29. The van der Waals surface area contributed by atoms with Gasteiger partial charge in [-0.1, -0.05) is 0 Å². The van der Waals surface area contributed by atoms with Crippen molar-refractivity contribution in [1.82, 2.24) is 10.3 Å². The Bertz CT molecular complexity index is 1160. The molecule has 2 aliphatic heterocycles. The quantitative estimate of drug-likeness (QED) is 0.645. The molecule has 1 aromatic carbocycles. The zero-order chi connectivity index (χ0) is 21.4. The molecule has 2 saturated heterocycles. The molecule has 0 unspecified atom stereocenters. The van der Waals surface area contributed by atoms with E-state index < -0.39 is 9.84 Å². The maximum Gasteiger partial charge on any atom is 0.175 e. The first-order chi connectivity index (χ1) is 15.0. The maximum atomic E-state index is 11.7. The van der Waals surface area contributed by atoms with Crippen LogP contribution in [0.3, 0.4) is 0 Å². The Morgan fingerprint density at radius 1 is 0.871 bits per heavy atom. The first-order valence-corrected chi connectivity index (χ1v) is 13.4. The third-order valence-corrected chi connectivity index (χ3v) is 8.13. The van der Waals surface area contributed by atoms with E-state index in [-0.39, 0.29) is 0 Å². The van der Waals surface area contributed by atoms with Crippen LogP contribution in [0, 0.1) is 0 Å². The van der Waals surface area contributed by atoms with E-state index in [1.807, 2.05) is 12.1 Å². The van der Waals surface area contributed by atoms with E-state index >= 15 is 0 Å². The van der Waals surface area contributed by atoms with E-state index in [1.165, 1.54) is 16.6 Å². The number of thiophene rings is 1. The van der Waals surface area contributed by atoms with Crippen LogP contribution in [-0.2, 0) is 9.84 Å². The molecule has 0 atom stereocenters. The number of hydrogen-bond acceptors (Lipinski definition) is 8. The number of benzene rings is 1. The lowest BCUT2D eigenvalue weighted by Crippen LogP contribution is -2.46. The van der Waals surface area contributed by atoms with Gasteiger partial charge in [-0.15, -0.1) is 11.3 Å². The van der Waals surface area contributed by atoms with Crippen molar-refractivity contribution in [2.75, 3.05) is 73.3 Å². The van der Waals surface area contributed by atoms with Crippen molar-refractivity contribution in [2.24, 2.45) is 0 Å². The molecule has 7 nitrogen and oxygen atoms in total. The van der Waals surface area contributed by atoms with Gasteiger partial charge in [-0.3, -0.25) is 0 Å². The number of sulfone groups is 1. The number of rotatable bonds is 4. The van der Waals surface area contributed by atoms with Crippen molar-refractivity contribution in [3.8, 4) is 0 Å². The van der Waals surface area contributed by atoms with Gasteiger partial charge in [-0.05, 0) is 36.4 Å². The highest BCUT2D eigenvalue weighted by Gasteiger charge is 2.21. The summed E-state index contributed by atoms with van der Waals surface area (Å²) in [5.74, 6) is 1.04. The van der Waals surface area contributed by atoms with Crippen LogP contribution in [0.15, 0.2) is 46.7 Å². The van der Waals surface area contributed by atoms with Gasteiger partial charge in [0.2, 0.25) is 0 Å². The molecule has 0 saturated carbocycles. The van der Waals surface area contributed by atoms with E-state index in [1.54, 1.807) is 23.5 Å². The summed E-state index contributed by atoms with van der Waals surface area (Å²) in [6.07, 6.45) is 1.24. The van der Waals surface area contributed by atoms with Gasteiger partial charge in [0.1, 0.15) is 11.3 Å². The van der Waals surface area contributed by atoms with Crippen LogP contribution < -0.4 is 20.0 Å². The Morgan fingerprint density at radius 2 is 1.55 bits per heavy atom. The van der Waals surface area contributed by atoms with Crippen LogP contribution in [0.2, 0.25) is 0 Å². The topological polar surface area (TPSA) is 68.8 Å². The summed E-state index contributed by atoms with van der Waals surface area (Å²) < 4.78 is 24.6. The first kappa shape index (κ1) is 20.5. The minimum absolute atomic E-state index is 0.364. The van der Waals surface area contributed by atoms with E-state index in [9.17, 15) is 8.42 Å². The molecule has 3 aromatic rings. The molecule has 0 radical (unpaired) electrons. The highest BCUT2D eigenvalue weighted by Crippen LogP contribution is 2.33. The summed E-state index contributed by atoms with van der Waals surface area (Å²) >= 11 is 1.77. The molecular formula is C22H27N5O2S2. The number of nitrogens with one attached hydrogen (secondary N) is 1. The number of hydrogen-bond donors (Lipinski definition) is 1. The Hall–Kier alpha value is -2.36. The summed E-state index contributed by atoms with van der Waals surface area (Å²) in [6.45, 7) is 7.62. The molecule has 1 N–H and O–H groups in total. The zero-order valence-electron chi connectivity index (χ0n) is 17.6. The number of aromatic nitrogens is 1. The smallest absolute Gasteiger partial charge is 0.175 e. The average Bonchev–Trinajstić information content (AvgIpc) is 3.23. The summed E-state index contributed by atoms with van der Waals surface area (Å²) in [5.41, 5.74) is 3.44. The fraction of sp³-hybridized carbons (Fsp3) is 0.409. The van der Waals surface area contributed by atoms with Gasteiger partial charge < -0.3 is 20.0 Å². The van der Waals surface area contributed by atoms with Crippen LogP contribution in [0.25, 0.3) is 10.2 Å². The normalized spacial score (nSPS) is 18.0. The molecule has 0 aliphatic carbocycles. The van der Waals surface area contributed by atoms with E-state index in [2.05, 4.69) is 37.5 Å². The third-order valence-electron chi connectivity index (χ3n) is 6.08. The number of pyridine rings is 1. The highest BCUT2D eigenvalue weighted by molar-refractivity contribution is 7.90. The van der Waals surface area contributed by atoms with Crippen LogP contribution in [0.1, 0.15) is 0 Å². The Balaban J connectivity index is 1.30. The lowest BCUT2D eigenvalue weighted by atomic mass is 10.2. The molecule has 5 rings (SSSR count). The van der Waals surface area contributed by atoms with Crippen LogP contribution >= 0.6 is 11.3 Å². The standard InChI is InChI=1S/C22H27N5O2S2/c1-31(28,29)18-4-2-17(3-5-18)25-12-14-27(15-13-25)21-7-6-20-22(24-21)19(16-30-20)26-10-8-23-9-11-26/h2-7,16,23H,8-15H2,1H3. The lowest BCUT2D eigenvalue weighted by Gasteiger charge is -2.37. The summed E-state index contributed by atoms with van der Waals surface area (Å²) in [5, 5.41) is 5.66.